The van der Waals surface area contributed by atoms with E-state index in [4.69, 9.17) is 23.7 Å². The van der Waals surface area contributed by atoms with Crippen LogP contribution in [0, 0.1) is 0 Å². The van der Waals surface area contributed by atoms with Crippen molar-refractivity contribution in [3.05, 3.63) is 35.9 Å². The average Bonchev–Trinajstić information content (AvgIpc) is 2.37. The van der Waals surface area contributed by atoms with E-state index in [0.29, 0.717) is 11.4 Å². The second kappa shape index (κ2) is 5.19. The minimum atomic E-state index is -0.554. The number of nitrogens with one attached hydrogen (secondary N) is 1. The summed E-state index contributed by atoms with van der Waals surface area (Å²) in [5.74, 6) is 0.00125. The summed E-state index contributed by atoms with van der Waals surface area (Å²) in [6, 6.07) is 8.89. The second-order valence-corrected chi connectivity index (χ2v) is 4.65. The minimum absolute atomic E-state index is 0.220. The number of nitrogens with zero attached hydrogens (tertiary/aromatic N) is 1. The number of aromatic nitrogens is 1. The van der Waals surface area contributed by atoms with E-state index in [-0.39, 0.29) is 4.99 Å². The Kier molecular flexibility index (Phi) is 3.62. The first kappa shape index (κ1) is 13.2. The van der Waals surface area contributed by atoms with Gasteiger partial charge >= 0.3 is 0 Å². The van der Waals surface area contributed by atoms with Gasteiger partial charge in [0.25, 0.3) is 0 Å². The van der Waals surface area contributed by atoms with Gasteiger partial charge in [0.15, 0.2) is 0 Å². The molecule has 1 aromatic carbocycles. The molecule has 0 spiro atoms. The van der Waals surface area contributed by atoms with Crippen LogP contribution in [0.25, 0.3) is 10.9 Å². The summed E-state index contributed by atoms with van der Waals surface area (Å²) in [5, 5.41) is 3.86. The Bertz CT molecular complexity index is 656. The number of rotatable bonds is 4. The Hall–Kier alpha value is -2.21. The Balaban J connectivity index is 2.53. The third kappa shape index (κ3) is 2.79. The van der Waals surface area contributed by atoms with Gasteiger partial charge < -0.3 is 16.8 Å². The average molecular weight is 274 g/mol. The highest BCUT2D eigenvalue weighted by molar-refractivity contribution is 7.80. The lowest BCUT2D eigenvalue weighted by atomic mass is 10.1. The first-order valence-electron chi connectivity index (χ1n) is 5.74. The number of fused-ring (bicyclic) bond motifs is 1. The van der Waals surface area contributed by atoms with Gasteiger partial charge in [-0.1, -0.05) is 30.4 Å². The molecule has 0 radical (unpaired) electrons. The predicted octanol–water partition coefficient (Wildman–Crippen LogP) is 1.15. The Morgan fingerprint density at radius 1 is 1.37 bits per heavy atom. The Morgan fingerprint density at radius 2 is 2.05 bits per heavy atom. The minimum Gasteiger partial charge on any atom is -0.389 e. The van der Waals surface area contributed by atoms with Gasteiger partial charge in [0.2, 0.25) is 5.91 Å². The molecule has 2 rings (SSSR count). The number of thiocarbonyl (C=S) groups is 1. The van der Waals surface area contributed by atoms with Crippen molar-refractivity contribution in [2.45, 2.75) is 13.0 Å². The summed E-state index contributed by atoms with van der Waals surface area (Å²) in [7, 11) is 0. The van der Waals surface area contributed by atoms with E-state index in [9.17, 15) is 4.79 Å². The topological polar surface area (TPSA) is 94.0 Å². The number of amides is 1. The summed E-state index contributed by atoms with van der Waals surface area (Å²) in [6.07, 6.45) is 0. The molecule has 98 valence electrons. The molecule has 2 aromatic rings. The van der Waals surface area contributed by atoms with Crippen LogP contribution in [0.1, 0.15) is 12.5 Å². The number of carbonyl (C=O) groups is 1. The summed E-state index contributed by atoms with van der Waals surface area (Å²) in [6.45, 7) is 1.66. The van der Waals surface area contributed by atoms with Gasteiger partial charge in [-0.15, -0.1) is 0 Å². The maximum atomic E-state index is 11.1. The zero-order valence-corrected chi connectivity index (χ0v) is 11.2. The lowest BCUT2D eigenvalue weighted by Gasteiger charge is -2.15. The molecule has 0 aliphatic heterocycles. The maximum absolute atomic E-state index is 11.1. The van der Waals surface area contributed by atoms with Gasteiger partial charge in [-0.25, -0.2) is 4.98 Å². The molecule has 1 amide bonds. The van der Waals surface area contributed by atoms with Crippen LogP contribution in [-0.4, -0.2) is 21.9 Å². The molecule has 1 aromatic heterocycles. The molecule has 0 fully saturated rings. The third-order valence-electron chi connectivity index (χ3n) is 2.77. The molecule has 1 heterocycles. The molecular weight excluding hydrogens is 260 g/mol. The number of nitrogens with two attached hydrogens (primary N) is 2. The fraction of sp³-hybridized carbons (Fsp3) is 0.154. The molecule has 19 heavy (non-hydrogen) atoms. The van der Waals surface area contributed by atoms with E-state index in [0.717, 1.165) is 10.9 Å². The predicted molar refractivity (Wildman–Crippen MR) is 79.9 cm³/mol. The quantitative estimate of drug-likeness (QED) is 0.727. The van der Waals surface area contributed by atoms with Crippen molar-refractivity contribution in [2.75, 3.05) is 5.32 Å². The Labute approximate surface area is 116 Å². The molecule has 5 nitrogen and oxygen atoms in total. The molecule has 0 bridgehead atoms. The number of para-hydroxylation sites is 1. The number of anilines is 1. The van der Waals surface area contributed by atoms with Crippen molar-refractivity contribution < 1.29 is 4.79 Å². The van der Waals surface area contributed by atoms with Gasteiger partial charge in [0, 0.05) is 5.39 Å². The highest BCUT2D eigenvalue weighted by Crippen LogP contribution is 2.21. The van der Waals surface area contributed by atoms with Crippen LogP contribution in [0.5, 0.6) is 0 Å². The van der Waals surface area contributed by atoms with Crippen LogP contribution in [0.2, 0.25) is 0 Å². The van der Waals surface area contributed by atoms with E-state index in [2.05, 4.69) is 10.3 Å². The van der Waals surface area contributed by atoms with Crippen LogP contribution >= 0.6 is 12.2 Å². The first-order chi connectivity index (χ1) is 8.99. The third-order valence-corrected chi connectivity index (χ3v) is 2.99. The molecule has 0 aliphatic carbocycles. The second-order valence-electron chi connectivity index (χ2n) is 4.21. The number of benzene rings is 1. The maximum Gasteiger partial charge on any atom is 0.239 e. The van der Waals surface area contributed by atoms with E-state index < -0.39 is 11.9 Å². The molecular formula is C13H14N4OS. The normalized spacial score (nSPS) is 12.1. The van der Waals surface area contributed by atoms with Crippen molar-refractivity contribution in [3.63, 3.8) is 0 Å². The fourth-order valence-corrected chi connectivity index (χ4v) is 1.85. The van der Waals surface area contributed by atoms with Gasteiger partial charge in [0.05, 0.1) is 11.1 Å². The van der Waals surface area contributed by atoms with Crippen molar-refractivity contribution in [1.29, 1.82) is 0 Å². The van der Waals surface area contributed by atoms with E-state index in [1.807, 2.05) is 30.3 Å². The largest absolute Gasteiger partial charge is 0.389 e. The highest BCUT2D eigenvalue weighted by Gasteiger charge is 2.14. The van der Waals surface area contributed by atoms with Crippen molar-refractivity contribution in [2.24, 2.45) is 11.5 Å². The van der Waals surface area contributed by atoms with Crippen molar-refractivity contribution >= 4 is 39.8 Å². The molecule has 1 atom stereocenters. The van der Waals surface area contributed by atoms with Crippen LogP contribution in [0.15, 0.2) is 30.3 Å². The molecule has 1 unspecified atom stereocenters. The van der Waals surface area contributed by atoms with E-state index in [1.54, 1.807) is 6.92 Å². The van der Waals surface area contributed by atoms with Crippen LogP contribution in [-0.2, 0) is 4.79 Å². The summed E-state index contributed by atoms with van der Waals surface area (Å²) in [5.41, 5.74) is 12.3. The summed E-state index contributed by atoms with van der Waals surface area (Å²) < 4.78 is 0. The molecule has 6 heteroatoms. The monoisotopic (exact) mass is 274 g/mol. The molecule has 0 saturated carbocycles. The standard InChI is InChI=1S/C13H14N4OS/c1-7(11(14)18)16-13-9(12(15)19)6-8-4-2-3-5-10(8)17-13/h2-7H,1H3,(H2,14,18)(H2,15,19)(H,16,17). The SMILES string of the molecule is CC(Nc1nc2ccccc2cc1C(N)=S)C(N)=O. The molecule has 5 N–H and O–H groups in total. The summed E-state index contributed by atoms with van der Waals surface area (Å²) in [4.78, 5) is 15.8. The first-order valence-corrected chi connectivity index (χ1v) is 6.15. The molecule has 0 aliphatic rings. The zero-order chi connectivity index (χ0) is 14.0. The zero-order valence-electron chi connectivity index (χ0n) is 10.4. The number of primary amides is 1. The smallest absolute Gasteiger partial charge is 0.239 e. The van der Waals surface area contributed by atoms with Crippen molar-refractivity contribution in [1.82, 2.24) is 4.98 Å². The van der Waals surface area contributed by atoms with Crippen LogP contribution in [0.4, 0.5) is 5.82 Å². The number of pyridine rings is 1. The number of carbonyl (C=O) groups excluding carboxylic acids is 1. The van der Waals surface area contributed by atoms with Gasteiger partial charge in [-0.05, 0) is 19.1 Å². The lowest BCUT2D eigenvalue weighted by Crippen LogP contribution is -2.33. The molecule has 0 saturated heterocycles. The van der Waals surface area contributed by atoms with Gasteiger partial charge in [-0.2, -0.15) is 0 Å². The number of hydrogen-bond acceptors (Lipinski definition) is 4. The van der Waals surface area contributed by atoms with Gasteiger partial charge in [0.1, 0.15) is 16.8 Å². The Morgan fingerprint density at radius 3 is 2.68 bits per heavy atom. The van der Waals surface area contributed by atoms with Crippen molar-refractivity contribution in [3.8, 4) is 0 Å². The van der Waals surface area contributed by atoms with Crippen LogP contribution < -0.4 is 16.8 Å². The highest BCUT2D eigenvalue weighted by atomic mass is 32.1. The summed E-state index contributed by atoms with van der Waals surface area (Å²) >= 11 is 5.01. The lowest BCUT2D eigenvalue weighted by molar-refractivity contribution is -0.118. The van der Waals surface area contributed by atoms with E-state index in [1.165, 1.54) is 0 Å². The van der Waals surface area contributed by atoms with Gasteiger partial charge in [-0.3, -0.25) is 4.79 Å². The number of hydrogen-bond donors (Lipinski definition) is 3. The van der Waals surface area contributed by atoms with E-state index >= 15 is 0 Å². The van der Waals surface area contributed by atoms with Crippen LogP contribution in [0.3, 0.4) is 0 Å². The fourth-order valence-electron chi connectivity index (χ4n) is 1.69.